The molecule has 0 saturated heterocycles. The van der Waals surface area contributed by atoms with Crippen molar-refractivity contribution in [2.75, 3.05) is 5.32 Å². The average Bonchev–Trinajstić information content (AvgIpc) is 2.85. The Labute approximate surface area is 109 Å². The van der Waals surface area contributed by atoms with Gasteiger partial charge in [-0.3, -0.25) is 15.1 Å². The molecule has 2 N–H and O–H groups in total. The second-order valence-electron chi connectivity index (χ2n) is 4.25. The van der Waals surface area contributed by atoms with Crippen LogP contribution in [0.5, 0.6) is 0 Å². The van der Waals surface area contributed by atoms with Crippen molar-refractivity contribution in [3.8, 4) is 0 Å². The van der Waals surface area contributed by atoms with Crippen LogP contribution in [-0.4, -0.2) is 30.1 Å². The van der Waals surface area contributed by atoms with Crippen LogP contribution in [0.3, 0.4) is 0 Å². The average molecular weight is 255 g/mol. The number of aromatic nitrogens is 6. The quantitative estimate of drug-likeness (QED) is 0.734. The zero-order chi connectivity index (χ0) is 13.2. The molecular formula is C12H13N7. The minimum atomic E-state index is 0.560. The summed E-state index contributed by atoms with van der Waals surface area (Å²) in [6.45, 7) is 4.31. The van der Waals surface area contributed by atoms with Gasteiger partial charge in [0.2, 0.25) is 0 Å². The number of fused-ring (bicyclic) bond motifs is 1. The maximum absolute atomic E-state index is 4.38. The van der Waals surface area contributed by atoms with Crippen LogP contribution in [0.1, 0.15) is 17.2 Å². The second-order valence-corrected chi connectivity index (χ2v) is 4.25. The van der Waals surface area contributed by atoms with Gasteiger partial charge in [-0.05, 0) is 13.8 Å². The topological polar surface area (TPSA) is 92.3 Å². The molecule has 0 amide bonds. The van der Waals surface area contributed by atoms with E-state index in [0.717, 1.165) is 28.2 Å². The molecule has 0 bridgehead atoms. The highest BCUT2D eigenvalue weighted by Crippen LogP contribution is 2.18. The van der Waals surface area contributed by atoms with E-state index >= 15 is 0 Å². The Morgan fingerprint density at radius 1 is 1.11 bits per heavy atom. The Balaban J connectivity index is 1.85. The fourth-order valence-electron chi connectivity index (χ4n) is 1.77. The Kier molecular flexibility index (Phi) is 2.79. The van der Waals surface area contributed by atoms with Crippen molar-refractivity contribution >= 4 is 16.9 Å². The number of nitrogens with one attached hydrogen (secondary N) is 2. The smallest absolute Gasteiger partial charge is 0.161 e. The van der Waals surface area contributed by atoms with E-state index in [1.165, 1.54) is 0 Å². The molecule has 3 rings (SSSR count). The van der Waals surface area contributed by atoms with E-state index in [2.05, 4.69) is 35.5 Å². The summed E-state index contributed by atoms with van der Waals surface area (Å²) < 4.78 is 0. The highest BCUT2D eigenvalue weighted by Gasteiger charge is 2.07. The molecule has 0 spiro atoms. The molecule has 7 nitrogen and oxygen atoms in total. The van der Waals surface area contributed by atoms with Crippen molar-refractivity contribution in [1.29, 1.82) is 0 Å². The lowest BCUT2D eigenvalue weighted by molar-refractivity contribution is 0.969. The number of hydrogen-bond donors (Lipinski definition) is 2. The number of rotatable bonds is 3. The first-order valence-electron chi connectivity index (χ1n) is 5.91. The Hall–Kier alpha value is -2.57. The van der Waals surface area contributed by atoms with Crippen LogP contribution in [-0.2, 0) is 6.54 Å². The summed E-state index contributed by atoms with van der Waals surface area (Å²) >= 11 is 0. The maximum atomic E-state index is 4.38. The van der Waals surface area contributed by atoms with Crippen LogP contribution in [0.15, 0.2) is 18.6 Å². The third-order valence-electron chi connectivity index (χ3n) is 2.69. The lowest BCUT2D eigenvalue weighted by Gasteiger charge is -2.06. The largest absolute Gasteiger partial charge is 0.364 e. The second kappa shape index (κ2) is 4.60. The molecule has 19 heavy (non-hydrogen) atoms. The summed E-state index contributed by atoms with van der Waals surface area (Å²) in [5.41, 5.74) is 2.49. The van der Waals surface area contributed by atoms with Gasteiger partial charge in [0, 0.05) is 6.20 Å². The van der Waals surface area contributed by atoms with Gasteiger partial charge in [-0.2, -0.15) is 5.10 Å². The number of hydrogen-bond acceptors (Lipinski definition) is 6. The third-order valence-corrected chi connectivity index (χ3v) is 2.69. The van der Waals surface area contributed by atoms with Crippen molar-refractivity contribution in [2.24, 2.45) is 0 Å². The van der Waals surface area contributed by atoms with E-state index < -0.39 is 0 Å². The molecule has 7 heteroatoms. The summed E-state index contributed by atoms with van der Waals surface area (Å²) in [4.78, 5) is 17.1. The van der Waals surface area contributed by atoms with Crippen LogP contribution in [0.2, 0.25) is 0 Å². The standard InChI is InChI=1S/C12H13N7/c1-7-3-14-9(4-13-7)5-15-11-10-6-16-19-12(10)18-8(2)17-11/h3-4,6H,5H2,1-2H3,(H2,15,16,17,18,19). The molecule has 3 aromatic heterocycles. The SMILES string of the molecule is Cc1cnc(CNc2nc(C)nc3[nH]ncc23)cn1. The predicted octanol–water partition coefficient (Wildman–Crippen LogP) is 1.37. The fraction of sp³-hybridized carbons (Fsp3) is 0.250. The zero-order valence-corrected chi connectivity index (χ0v) is 10.7. The molecule has 0 aromatic carbocycles. The molecule has 96 valence electrons. The predicted molar refractivity (Wildman–Crippen MR) is 70.5 cm³/mol. The monoisotopic (exact) mass is 255 g/mol. The maximum Gasteiger partial charge on any atom is 0.161 e. The number of aryl methyl sites for hydroxylation is 2. The first kappa shape index (κ1) is 11.5. The van der Waals surface area contributed by atoms with Gasteiger partial charge in [0.05, 0.1) is 35.7 Å². The van der Waals surface area contributed by atoms with Crippen molar-refractivity contribution in [1.82, 2.24) is 30.1 Å². The van der Waals surface area contributed by atoms with Gasteiger partial charge in [-0.15, -0.1) is 0 Å². The van der Waals surface area contributed by atoms with Crippen LogP contribution < -0.4 is 5.32 Å². The van der Waals surface area contributed by atoms with Crippen molar-refractivity contribution in [2.45, 2.75) is 20.4 Å². The summed E-state index contributed by atoms with van der Waals surface area (Å²) in [7, 11) is 0. The van der Waals surface area contributed by atoms with Crippen LogP contribution in [0, 0.1) is 13.8 Å². The van der Waals surface area contributed by atoms with E-state index in [1.54, 1.807) is 18.6 Å². The van der Waals surface area contributed by atoms with E-state index in [1.807, 2.05) is 13.8 Å². The Bertz CT molecular complexity index is 702. The number of aromatic amines is 1. The van der Waals surface area contributed by atoms with E-state index in [9.17, 15) is 0 Å². The van der Waals surface area contributed by atoms with Gasteiger partial charge >= 0.3 is 0 Å². The minimum absolute atomic E-state index is 0.560. The molecule has 0 aliphatic carbocycles. The van der Waals surface area contributed by atoms with Crippen LogP contribution in [0.25, 0.3) is 11.0 Å². The molecule has 0 saturated carbocycles. The minimum Gasteiger partial charge on any atom is -0.364 e. The first-order chi connectivity index (χ1) is 9.22. The summed E-state index contributed by atoms with van der Waals surface area (Å²) in [6, 6.07) is 0. The van der Waals surface area contributed by atoms with E-state index in [-0.39, 0.29) is 0 Å². The summed E-state index contributed by atoms with van der Waals surface area (Å²) in [5, 5.41) is 10.9. The van der Waals surface area contributed by atoms with Gasteiger partial charge in [0.1, 0.15) is 11.6 Å². The van der Waals surface area contributed by atoms with Gasteiger partial charge in [0.15, 0.2) is 5.65 Å². The summed E-state index contributed by atoms with van der Waals surface area (Å²) in [5.74, 6) is 1.44. The molecule has 0 aliphatic heterocycles. The number of H-pyrrole nitrogens is 1. The highest BCUT2D eigenvalue weighted by molar-refractivity contribution is 5.85. The first-order valence-corrected chi connectivity index (χ1v) is 5.91. The number of nitrogens with zero attached hydrogens (tertiary/aromatic N) is 5. The van der Waals surface area contributed by atoms with Crippen LogP contribution in [0.4, 0.5) is 5.82 Å². The molecule has 3 heterocycles. The molecule has 0 fully saturated rings. The normalized spacial score (nSPS) is 10.8. The van der Waals surface area contributed by atoms with Gasteiger partial charge < -0.3 is 5.32 Å². The van der Waals surface area contributed by atoms with Gasteiger partial charge in [-0.25, -0.2) is 9.97 Å². The van der Waals surface area contributed by atoms with Gasteiger partial charge in [-0.1, -0.05) is 0 Å². The molecule has 0 radical (unpaired) electrons. The van der Waals surface area contributed by atoms with Gasteiger partial charge in [0.25, 0.3) is 0 Å². The van der Waals surface area contributed by atoms with E-state index in [4.69, 9.17) is 0 Å². The highest BCUT2D eigenvalue weighted by atomic mass is 15.2. The lowest BCUT2D eigenvalue weighted by atomic mass is 10.3. The number of anilines is 1. The van der Waals surface area contributed by atoms with Crippen molar-refractivity contribution < 1.29 is 0 Å². The van der Waals surface area contributed by atoms with Crippen molar-refractivity contribution in [3.05, 3.63) is 35.8 Å². The molecule has 3 aromatic rings. The molecular weight excluding hydrogens is 242 g/mol. The molecule has 0 atom stereocenters. The fourth-order valence-corrected chi connectivity index (χ4v) is 1.77. The van der Waals surface area contributed by atoms with Crippen LogP contribution >= 0.6 is 0 Å². The third kappa shape index (κ3) is 2.35. The van der Waals surface area contributed by atoms with Crippen molar-refractivity contribution in [3.63, 3.8) is 0 Å². The molecule has 0 aliphatic rings. The Morgan fingerprint density at radius 2 is 2.00 bits per heavy atom. The lowest BCUT2D eigenvalue weighted by Crippen LogP contribution is -2.05. The molecule has 0 unspecified atom stereocenters. The summed E-state index contributed by atoms with van der Waals surface area (Å²) in [6.07, 6.45) is 5.20. The Morgan fingerprint density at radius 3 is 2.79 bits per heavy atom. The zero-order valence-electron chi connectivity index (χ0n) is 10.7. The van der Waals surface area contributed by atoms with E-state index in [0.29, 0.717) is 12.4 Å².